The lowest BCUT2D eigenvalue weighted by atomic mass is 10.1. The maximum atomic E-state index is 11.6. The molecule has 114 valence electrons. The summed E-state index contributed by atoms with van der Waals surface area (Å²) >= 11 is 0. The van der Waals surface area contributed by atoms with Gasteiger partial charge < -0.3 is 9.47 Å². The van der Waals surface area contributed by atoms with Crippen LogP contribution >= 0.6 is 0 Å². The average molecular weight is 301 g/mol. The Kier molecular flexibility index (Phi) is 6.29. The van der Waals surface area contributed by atoms with Gasteiger partial charge in [-0.25, -0.2) is 13.1 Å². The summed E-state index contributed by atoms with van der Waals surface area (Å²) in [6, 6.07) is 3.79. The summed E-state index contributed by atoms with van der Waals surface area (Å²) in [5, 5.41) is 0. The van der Waals surface area contributed by atoms with Gasteiger partial charge in [-0.15, -0.1) is 0 Å². The Morgan fingerprint density at radius 3 is 2.35 bits per heavy atom. The number of benzene rings is 1. The first-order valence-electron chi connectivity index (χ1n) is 6.62. The van der Waals surface area contributed by atoms with E-state index in [1.165, 1.54) is 0 Å². The number of rotatable bonds is 8. The van der Waals surface area contributed by atoms with Crippen molar-refractivity contribution in [1.29, 1.82) is 0 Å². The van der Waals surface area contributed by atoms with Crippen molar-refractivity contribution in [2.45, 2.75) is 26.7 Å². The zero-order chi connectivity index (χ0) is 15.2. The summed E-state index contributed by atoms with van der Waals surface area (Å²) in [7, 11) is 0.0495. The molecule has 0 fully saturated rings. The first-order valence-corrected chi connectivity index (χ1v) is 8.27. The van der Waals surface area contributed by atoms with E-state index in [-0.39, 0.29) is 5.75 Å². The van der Waals surface area contributed by atoms with Crippen molar-refractivity contribution in [3.63, 3.8) is 0 Å². The molecule has 0 amide bonds. The van der Waals surface area contributed by atoms with Gasteiger partial charge in [0.2, 0.25) is 10.0 Å². The minimum absolute atomic E-state index is 0.154. The first-order chi connectivity index (χ1) is 9.43. The number of hydrogen-bond acceptors (Lipinski definition) is 4. The third kappa shape index (κ3) is 4.68. The van der Waals surface area contributed by atoms with Crippen LogP contribution < -0.4 is 14.2 Å². The molecule has 1 rings (SSSR count). The molecule has 1 aromatic carbocycles. The molecule has 0 atom stereocenters. The van der Waals surface area contributed by atoms with Crippen molar-refractivity contribution < 1.29 is 17.9 Å². The zero-order valence-electron chi connectivity index (χ0n) is 12.5. The topological polar surface area (TPSA) is 64.6 Å². The van der Waals surface area contributed by atoms with Gasteiger partial charge >= 0.3 is 0 Å². The van der Waals surface area contributed by atoms with Crippen LogP contribution in [0.15, 0.2) is 12.1 Å². The van der Waals surface area contributed by atoms with Crippen LogP contribution in [0.4, 0.5) is 0 Å². The molecule has 0 aliphatic carbocycles. The van der Waals surface area contributed by atoms with E-state index >= 15 is 0 Å². The Hall–Kier alpha value is -1.27. The van der Waals surface area contributed by atoms with Crippen molar-refractivity contribution in [2.24, 2.45) is 0 Å². The largest absolute Gasteiger partial charge is 0.496 e. The summed E-state index contributed by atoms with van der Waals surface area (Å²) < 4.78 is 36.4. The van der Waals surface area contributed by atoms with E-state index in [0.717, 1.165) is 22.6 Å². The Morgan fingerprint density at radius 1 is 1.15 bits per heavy atom. The number of nitrogens with one attached hydrogen (secondary N) is 1. The number of hydrogen-bond donors (Lipinski definition) is 1. The normalized spacial score (nSPS) is 11.4. The molecule has 0 saturated carbocycles. The fourth-order valence-electron chi connectivity index (χ4n) is 1.99. The van der Waals surface area contributed by atoms with E-state index < -0.39 is 10.0 Å². The maximum Gasteiger partial charge on any atom is 0.211 e. The summed E-state index contributed by atoms with van der Waals surface area (Å²) in [4.78, 5) is 0. The van der Waals surface area contributed by atoms with Gasteiger partial charge in [0.25, 0.3) is 0 Å². The molecule has 1 N–H and O–H groups in total. The van der Waals surface area contributed by atoms with E-state index in [0.29, 0.717) is 19.4 Å². The highest BCUT2D eigenvalue weighted by atomic mass is 32.2. The van der Waals surface area contributed by atoms with Crippen LogP contribution in [-0.4, -0.2) is 34.9 Å². The molecule has 0 radical (unpaired) electrons. The number of aryl methyl sites for hydroxylation is 1. The van der Waals surface area contributed by atoms with Crippen molar-refractivity contribution in [1.82, 2.24) is 4.72 Å². The molecule has 20 heavy (non-hydrogen) atoms. The second-order valence-corrected chi connectivity index (χ2v) is 6.52. The number of methoxy groups -OCH3 is 2. The predicted molar refractivity (Wildman–Crippen MR) is 80.1 cm³/mol. The van der Waals surface area contributed by atoms with E-state index in [2.05, 4.69) is 4.72 Å². The summed E-state index contributed by atoms with van der Waals surface area (Å²) in [5.74, 6) is 1.68. The lowest BCUT2D eigenvalue weighted by molar-refractivity contribution is 0.396. The molecular weight excluding hydrogens is 278 g/mol. The molecule has 0 spiro atoms. The molecule has 0 aliphatic heterocycles. The Labute approximate surface area is 121 Å². The van der Waals surface area contributed by atoms with Crippen LogP contribution in [0.2, 0.25) is 0 Å². The van der Waals surface area contributed by atoms with Crippen molar-refractivity contribution >= 4 is 10.0 Å². The Bertz CT molecular complexity index is 540. The van der Waals surface area contributed by atoms with Gasteiger partial charge in [0.15, 0.2) is 0 Å². The average Bonchev–Trinajstić information content (AvgIpc) is 2.39. The molecule has 0 saturated heterocycles. The summed E-state index contributed by atoms with van der Waals surface area (Å²) in [6.07, 6.45) is 1.17. The molecule has 5 nitrogen and oxygen atoms in total. The van der Waals surface area contributed by atoms with Gasteiger partial charge in [0, 0.05) is 6.54 Å². The van der Waals surface area contributed by atoms with E-state index in [9.17, 15) is 8.42 Å². The highest BCUT2D eigenvalue weighted by Crippen LogP contribution is 2.28. The lowest BCUT2D eigenvalue weighted by Gasteiger charge is -2.13. The minimum Gasteiger partial charge on any atom is -0.496 e. The third-order valence-corrected chi connectivity index (χ3v) is 4.58. The predicted octanol–water partition coefficient (Wildman–Crippen LogP) is 1.88. The van der Waals surface area contributed by atoms with Crippen LogP contribution in [0, 0.1) is 6.92 Å². The van der Waals surface area contributed by atoms with Gasteiger partial charge in [-0.2, -0.15) is 0 Å². The zero-order valence-corrected chi connectivity index (χ0v) is 13.3. The van der Waals surface area contributed by atoms with Crippen molar-refractivity contribution in [2.75, 3.05) is 26.5 Å². The van der Waals surface area contributed by atoms with Crippen molar-refractivity contribution in [3.05, 3.63) is 23.3 Å². The number of sulfonamides is 1. The van der Waals surface area contributed by atoms with E-state index in [1.807, 2.05) is 26.0 Å². The third-order valence-electron chi connectivity index (χ3n) is 2.99. The smallest absolute Gasteiger partial charge is 0.211 e. The molecule has 0 bridgehead atoms. The molecule has 0 aromatic heterocycles. The minimum atomic E-state index is -3.17. The van der Waals surface area contributed by atoms with Crippen molar-refractivity contribution in [3.8, 4) is 11.5 Å². The van der Waals surface area contributed by atoms with Gasteiger partial charge in [-0.1, -0.05) is 6.92 Å². The van der Waals surface area contributed by atoms with Crippen LogP contribution in [0.1, 0.15) is 24.5 Å². The first kappa shape index (κ1) is 16.8. The SMILES string of the molecule is CCCS(=O)(=O)NCCc1cc(OC)c(C)cc1OC. The second-order valence-electron chi connectivity index (χ2n) is 4.60. The lowest BCUT2D eigenvalue weighted by Crippen LogP contribution is -2.28. The van der Waals surface area contributed by atoms with Crippen LogP contribution in [-0.2, 0) is 16.4 Å². The Balaban J connectivity index is 2.77. The van der Waals surface area contributed by atoms with E-state index in [4.69, 9.17) is 9.47 Å². The van der Waals surface area contributed by atoms with E-state index in [1.54, 1.807) is 14.2 Å². The quantitative estimate of drug-likeness (QED) is 0.796. The molecule has 6 heteroatoms. The highest BCUT2D eigenvalue weighted by molar-refractivity contribution is 7.89. The summed E-state index contributed by atoms with van der Waals surface area (Å²) in [6.45, 7) is 4.13. The molecule has 0 aliphatic rings. The monoisotopic (exact) mass is 301 g/mol. The molecular formula is C14H23NO4S. The summed E-state index contributed by atoms with van der Waals surface area (Å²) in [5.41, 5.74) is 1.91. The fourth-order valence-corrected chi connectivity index (χ4v) is 3.09. The molecule has 1 aromatic rings. The van der Waals surface area contributed by atoms with Gasteiger partial charge in [-0.3, -0.25) is 0 Å². The standard InChI is InChI=1S/C14H23NO4S/c1-5-8-20(16,17)15-7-6-12-10-13(18-3)11(2)9-14(12)19-4/h9-10,15H,5-8H2,1-4H3. The second kappa shape index (κ2) is 7.50. The molecule has 0 heterocycles. The Morgan fingerprint density at radius 2 is 1.80 bits per heavy atom. The fraction of sp³-hybridized carbons (Fsp3) is 0.571. The van der Waals surface area contributed by atoms with Crippen LogP contribution in [0.3, 0.4) is 0 Å². The molecule has 0 unspecified atom stereocenters. The van der Waals surface area contributed by atoms with Gasteiger partial charge in [0.05, 0.1) is 20.0 Å². The van der Waals surface area contributed by atoms with Gasteiger partial charge in [0.1, 0.15) is 11.5 Å². The van der Waals surface area contributed by atoms with Crippen LogP contribution in [0.5, 0.6) is 11.5 Å². The van der Waals surface area contributed by atoms with Crippen LogP contribution in [0.25, 0.3) is 0 Å². The highest BCUT2D eigenvalue weighted by Gasteiger charge is 2.11. The van der Waals surface area contributed by atoms with Gasteiger partial charge in [-0.05, 0) is 43.0 Å². The number of ether oxygens (including phenoxy) is 2. The maximum absolute atomic E-state index is 11.6.